The molecule has 2 saturated heterocycles. The molecule has 26 heavy (non-hydrogen) atoms. The fourth-order valence-corrected chi connectivity index (χ4v) is 4.14. The lowest BCUT2D eigenvalue weighted by Gasteiger charge is -2.49. The number of hydrogen-bond donors (Lipinski definition) is 0. The maximum Gasteiger partial charge on any atom is 0.255 e. The molecule has 2 heterocycles. The molecule has 3 rings (SSSR count). The van der Waals surface area contributed by atoms with Crippen molar-refractivity contribution in [2.45, 2.75) is 31.7 Å². The van der Waals surface area contributed by atoms with Crippen LogP contribution in [0, 0.1) is 11.3 Å². The summed E-state index contributed by atoms with van der Waals surface area (Å²) in [6.45, 7) is 5.50. The monoisotopic (exact) mass is 354 g/mol. The molecule has 138 valence electrons. The maximum absolute atomic E-state index is 13.1. The molecule has 2 amide bonds. The zero-order chi connectivity index (χ0) is 18.7. The van der Waals surface area contributed by atoms with Gasteiger partial charge in [-0.25, -0.2) is 0 Å². The Morgan fingerprint density at radius 2 is 2.00 bits per heavy atom. The van der Waals surface area contributed by atoms with Gasteiger partial charge in [0.05, 0.1) is 17.2 Å². The Bertz CT molecular complexity index is 742. The Labute approximate surface area is 155 Å². The van der Waals surface area contributed by atoms with Crippen molar-refractivity contribution >= 4 is 11.8 Å². The molecule has 0 saturated carbocycles. The molecule has 1 unspecified atom stereocenters. The van der Waals surface area contributed by atoms with Gasteiger partial charge in [-0.1, -0.05) is 12.1 Å². The minimum absolute atomic E-state index is 0.0856. The van der Waals surface area contributed by atoms with Gasteiger partial charge in [0.2, 0.25) is 5.91 Å². The third-order valence-corrected chi connectivity index (χ3v) is 5.95. The summed E-state index contributed by atoms with van der Waals surface area (Å²) in [6, 6.07) is 9.09. The molecular formula is C20H26N4O2. The first-order valence-electron chi connectivity index (χ1n) is 9.28. The highest BCUT2D eigenvalue weighted by Crippen LogP contribution is 2.32. The highest BCUT2D eigenvalue weighted by molar-refractivity contribution is 5.96. The quantitative estimate of drug-likeness (QED) is 0.811. The summed E-state index contributed by atoms with van der Waals surface area (Å²) in [4.78, 5) is 31.4. The number of amides is 2. The van der Waals surface area contributed by atoms with Gasteiger partial charge in [0.15, 0.2) is 0 Å². The van der Waals surface area contributed by atoms with Crippen LogP contribution in [0.2, 0.25) is 0 Å². The van der Waals surface area contributed by atoms with E-state index >= 15 is 0 Å². The summed E-state index contributed by atoms with van der Waals surface area (Å²) in [7, 11) is 2.09. The van der Waals surface area contributed by atoms with Crippen molar-refractivity contribution in [3.63, 3.8) is 0 Å². The molecule has 6 heteroatoms. The van der Waals surface area contributed by atoms with Gasteiger partial charge < -0.3 is 9.80 Å². The molecular weight excluding hydrogens is 328 g/mol. The van der Waals surface area contributed by atoms with Gasteiger partial charge in [-0.3, -0.25) is 14.5 Å². The highest BCUT2D eigenvalue weighted by Gasteiger charge is 2.43. The molecule has 1 aromatic carbocycles. The number of hydrogen-bond acceptors (Lipinski definition) is 4. The van der Waals surface area contributed by atoms with Gasteiger partial charge in [0, 0.05) is 44.7 Å². The SMILES string of the molecule is CCN1CCC2(CCC1=O)CN(C(=O)c1ccccc1C#N)CCN2C. The summed E-state index contributed by atoms with van der Waals surface area (Å²) in [5, 5.41) is 9.30. The highest BCUT2D eigenvalue weighted by atomic mass is 16.2. The number of piperazine rings is 1. The number of rotatable bonds is 2. The zero-order valence-electron chi connectivity index (χ0n) is 15.6. The standard InChI is InChI=1S/C20H26N4O2/c1-3-23-11-10-20(9-8-18(23)25)15-24(13-12-22(20)2)19(26)17-7-5-4-6-16(17)14-21/h4-7H,3,8-13,15H2,1-2H3. The van der Waals surface area contributed by atoms with Gasteiger partial charge in [-0.05, 0) is 38.9 Å². The average molecular weight is 354 g/mol. The Kier molecular flexibility index (Phi) is 5.28. The number of likely N-dealkylation sites (tertiary alicyclic amines) is 1. The number of benzene rings is 1. The van der Waals surface area contributed by atoms with Crippen LogP contribution in [-0.4, -0.2) is 71.8 Å². The number of nitriles is 1. The molecule has 2 aliphatic rings. The second kappa shape index (κ2) is 7.46. The van der Waals surface area contributed by atoms with Gasteiger partial charge in [-0.15, -0.1) is 0 Å². The van der Waals surface area contributed by atoms with Crippen LogP contribution < -0.4 is 0 Å². The molecule has 0 aliphatic carbocycles. The van der Waals surface area contributed by atoms with Crippen molar-refractivity contribution in [3.05, 3.63) is 35.4 Å². The Balaban J connectivity index is 1.83. The van der Waals surface area contributed by atoms with E-state index in [9.17, 15) is 14.9 Å². The van der Waals surface area contributed by atoms with Gasteiger partial charge in [0.25, 0.3) is 5.91 Å². The van der Waals surface area contributed by atoms with Crippen molar-refractivity contribution in [2.24, 2.45) is 0 Å². The third-order valence-electron chi connectivity index (χ3n) is 5.95. The summed E-state index contributed by atoms with van der Waals surface area (Å²) >= 11 is 0. The largest absolute Gasteiger partial charge is 0.343 e. The van der Waals surface area contributed by atoms with E-state index in [1.54, 1.807) is 24.3 Å². The lowest BCUT2D eigenvalue weighted by Crippen LogP contribution is -2.62. The van der Waals surface area contributed by atoms with E-state index < -0.39 is 0 Å². The Morgan fingerprint density at radius 3 is 2.73 bits per heavy atom. The summed E-state index contributed by atoms with van der Waals surface area (Å²) < 4.78 is 0. The van der Waals surface area contributed by atoms with Crippen LogP contribution in [0.4, 0.5) is 0 Å². The molecule has 0 radical (unpaired) electrons. The second-order valence-corrected chi connectivity index (χ2v) is 7.25. The lowest BCUT2D eigenvalue weighted by molar-refractivity contribution is -0.130. The molecule has 1 atom stereocenters. The first-order chi connectivity index (χ1) is 12.5. The fraction of sp³-hybridized carbons (Fsp3) is 0.550. The second-order valence-electron chi connectivity index (χ2n) is 7.25. The first-order valence-corrected chi connectivity index (χ1v) is 9.28. The van der Waals surface area contributed by atoms with Crippen molar-refractivity contribution in [3.8, 4) is 6.07 Å². The van der Waals surface area contributed by atoms with E-state index in [0.29, 0.717) is 30.6 Å². The van der Waals surface area contributed by atoms with Crippen LogP contribution >= 0.6 is 0 Å². The Morgan fingerprint density at radius 1 is 1.23 bits per heavy atom. The van der Waals surface area contributed by atoms with Crippen LogP contribution in [0.5, 0.6) is 0 Å². The van der Waals surface area contributed by atoms with Crippen LogP contribution in [-0.2, 0) is 4.79 Å². The van der Waals surface area contributed by atoms with E-state index in [0.717, 1.165) is 32.5 Å². The predicted octanol–water partition coefficient (Wildman–Crippen LogP) is 1.72. The van der Waals surface area contributed by atoms with Gasteiger partial charge in [0.1, 0.15) is 0 Å². The van der Waals surface area contributed by atoms with Crippen LogP contribution in [0.15, 0.2) is 24.3 Å². The predicted molar refractivity (Wildman–Crippen MR) is 98.5 cm³/mol. The molecule has 2 aliphatic heterocycles. The smallest absolute Gasteiger partial charge is 0.255 e. The molecule has 6 nitrogen and oxygen atoms in total. The molecule has 2 fully saturated rings. The molecule has 0 bridgehead atoms. The van der Waals surface area contributed by atoms with Crippen molar-refractivity contribution < 1.29 is 9.59 Å². The maximum atomic E-state index is 13.1. The lowest BCUT2D eigenvalue weighted by atomic mass is 9.86. The average Bonchev–Trinajstić information content (AvgIpc) is 2.83. The molecule has 0 N–H and O–H groups in total. The van der Waals surface area contributed by atoms with Crippen LogP contribution in [0.3, 0.4) is 0 Å². The fourth-order valence-electron chi connectivity index (χ4n) is 4.14. The number of nitrogens with zero attached hydrogens (tertiary/aromatic N) is 4. The molecule has 0 aromatic heterocycles. The van der Waals surface area contributed by atoms with E-state index in [4.69, 9.17) is 0 Å². The number of carbonyl (C=O) groups excluding carboxylic acids is 2. The normalized spacial score (nSPS) is 24.4. The van der Waals surface area contributed by atoms with Gasteiger partial charge >= 0.3 is 0 Å². The van der Waals surface area contributed by atoms with Crippen LogP contribution in [0.25, 0.3) is 0 Å². The van der Waals surface area contributed by atoms with E-state index in [1.807, 2.05) is 16.7 Å². The minimum atomic E-state index is -0.172. The number of carbonyl (C=O) groups is 2. The first kappa shape index (κ1) is 18.4. The molecule has 1 spiro atoms. The summed E-state index contributed by atoms with van der Waals surface area (Å²) in [6.07, 6.45) is 2.16. The zero-order valence-corrected chi connectivity index (χ0v) is 15.6. The Hall–Kier alpha value is -2.39. The summed E-state index contributed by atoms with van der Waals surface area (Å²) in [5.41, 5.74) is 0.711. The van der Waals surface area contributed by atoms with E-state index in [1.165, 1.54) is 0 Å². The molecule has 1 aromatic rings. The third kappa shape index (κ3) is 3.32. The minimum Gasteiger partial charge on any atom is -0.343 e. The van der Waals surface area contributed by atoms with E-state index in [-0.39, 0.29) is 17.4 Å². The van der Waals surface area contributed by atoms with Crippen molar-refractivity contribution in [2.75, 3.05) is 39.8 Å². The summed E-state index contributed by atoms with van der Waals surface area (Å²) in [5.74, 6) is 0.119. The number of likely N-dealkylation sites (N-methyl/N-ethyl adjacent to an activating group) is 1. The van der Waals surface area contributed by atoms with Crippen molar-refractivity contribution in [1.82, 2.24) is 14.7 Å². The topological polar surface area (TPSA) is 67.6 Å². The van der Waals surface area contributed by atoms with Crippen LogP contribution in [0.1, 0.15) is 42.1 Å². The van der Waals surface area contributed by atoms with Gasteiger partial charge in [-0.2, -0.15) is 5.26 Å². The van der Waals surface area contributed by atoms with Crippen molar-refractivity contribution in [1.29, 1.82) is 5.26 Å². The van der Waals surface area contributed by atoms with E-state index in [2.05, 4.69) is 18.0 Å².